The molecule has 0 amide bonds. The zero-order valence-corrected chi connectivity index (χ0v) is 14.4. The first kappa shape index (κ1) is 17.8. The van der Waals surface area contributed by atoms with Crippen LogP contribution in [0.5, 0.6) is 5.75 Å². The summed E-state index contributed by atoms with van der Waals surface area (Å²) in [4.78, 5) is 29.6. The van der Waals surface area contributed by atoms with Crippen LogP contribution in [0.1, 0.15) is 23.0 Å². The number of hydrogen-bond acceptors (Lipinski definition) is 5. The van der Waals surface area contributed by atoms with Gasteiger partial charge in [-0.2, -0.15) is 0 Å². The van der Waals surface area contributed by atoms with Crippen molar-refractivity contribution in [2.45, 2.75) is 13.5 Å². The Morgan fingerprint density at radius 2 is 2.17 bits per heavy atom. The van der Waals surface area contributed by atoms with Gasteiger partial charge in [-0.15, -0.1) is 0 Å². The minimum atomic E-state index is -1.31. The molecule has 0 fully saturated rings. The fraction of sp³-hybridized carbons (Fsp3) is 0.312. The molecular formula is C16H18ClN3O4. The molecule has 24 heavy (non-hydrogen) atoms. The highest BCUT2D eigenvalue weighted by atomic mass is 35.5. The molecule has 0 unspecified atom stereocenters. The van der Waals surface area contributed by atoms with E-state index in [1.165, 1.54) is 11.6 Å². The highest BCUT2D eigenvalue weighted by molar-refractivity contribution is 6.30. The molecule has 0 aliphatic heterocycles. The molecule has 1 aromatic heterocycles. The number of hydrogen-bond donors (Lipinski definition) is 1. The van der Waals surface area contributed by atoms with Gasteiger partial charge in [0.05, 0.1) is 6.61 Å². The number of halogens is 1. The predicted octanol–water partition coefficient (Wildman–Crippen LogP) is 2.17. The monoisotopic (exact) mass is 351 g/mol. The summed E-state index contributed by atoms with van der Waals surface area (Å²) in [5.41, 5.74) is -0.0323. The number of nitrogens with zero attached hydrogens (tertiary/aromatic N) is 3. The Kier molecular flexibility index (Phi) is 5.46. The fourth-order valence-corrected chi connectivity index (χ4v) is 2.52. The van der Waals surface area contributed by atoms with E-state index in [1.54, 1.807) is 31.0 Å². The van der Waals surface area contributed by atoms with Crippen molar-refractivity contribution in [1.82, 2.24) is 9.55 Å². The average molecular weight is 352 g/mol. The molecule has 0 aliphatic rings. The minimum Gasteiger partial charge on any atom is -0.486 e. The molecule has 0 saturated carbocycles. The summed E-state index contributed by atoms with van der Waals surface area (Å²) < 4.78 is 6.43. The van der Waals surface area contributed by atoms with Crippen molar-refractivity contribution in [1.29, 1.82) is 0 Å². The Morgan fingerprint density at radius 3 is 2.75 bits per heavy atom. The van der Waals surface area contributed by atoms with E-state index in [1.807, 2.05) is 12.1 Å². The van der Waals surface area contributed by atoms with Crippen molar-refractivity contribution in [3.8, 4) is 5.75 Å². The lowest BCUT2D eigenvalue weighted by Gasteiger charge is -2.22. The van der Waals surface area contributed by atoms with Crippen LogP contribution in [0, 0.1) is 0 Å². The minimum absolute atomic E-state index is 0.175. The van der Waals surface area contributed by atoms with Crippen molar-refractivity contribution in [3.63, 3.8) is 0 Å². The number of anilines is 1. The third-order valence-corrected chi connectivity index (χ3v) is 3.60. The molecule has 1 heterocycles. The number of benzene rings is 1. The van der Waals surface area contributed by atoms with Crippen LogP contribution in [0.25, 0.3) is 0 Å². The average Bonchev–Trinajstić information content (AvgIpc) is 2.51. The van der Waals surface area contributed by atoms with Crippen molar-refractivity contribution in [3.05, 3.63) is 50.9 Å². The Hall–Kier alpha value is -2.54. The molecule has 0 radical (unpaired) electrons. The van der Waals surface area contributed by atoms with Crippen molar-refractivity contribution < 1.29 is 14.6 Å². The van der Waals surface area contributed by atoms with Gasteiger partial charge in [0.1, 0.15) is 0 Å². The van der Waals surface area contributed by atoms with Crippen LogP contribution in [0.2, 0.25) is 5.02 Å². The van der Waals surface area contributed by atoms with Crippen LogP contribution in [-0.4, -0.2) is 34.3 Å². The number of carboxylic acids is 1. The predicted molar refractivity (Wildman–Crippen MR) is 91.2 cm³/mol. The number of ether oxygens (including phenoxy) is 1. The molecule has 1 aromatic carbocycles. The summed E-state index contributed by atoms with van der Waals surface area (Å²) in [5.74, 6) is -1.35. The van der Waals surface area contributed by atoms with Crippen molar-refractivity contribution >= 4 is 23.5 Å². The van der Waals surface area contributed by atoms with Crippen molar-refractivity contribution in [2.24, 2.45) is 7.05 Å². The topological polar surface area (TPSA) is 84.7 Å². The summed E-state index contributed by atoms with van der Waals surface area (Å²) in [5, 5.41) is 9.91. The maximum Gasteiger partial charge on any atom is 0.358 e. The van der Waals surface area contributed by atoms with Gasteiger partial charge in [0, 0.05) is 25.7 Å². The molecule has 7 nitrogen and oxygen atoms in total. The first-order chi connectivity index (χ1) is 11.3. The molecule has 8 heteroatoms. The molecule has 2 rings (SSSR count). The molecule has 128 valence electrons. The van der Waals surface area contributed by atoms with Crippen LogP contribution in [0.3, 0.4) is 0 Å². The molecule has 0 atom stereocenters. The van der Waals surface area contributed by atoms with Gasteiger partial charge in [-0.1, -0.05) is 23.7 Å². The lowest BCUT2D eigenvalue weighted by molar-refractivity contribution is 0.0685. The smallest absolute Gasteiger partial charge is 0.358 e. The summed E-state index contributed by atoms with van der Waals surface area (Å²) in [7, 11) is 3.24. The summed E-state index contributed by atoms with van der Waals surface area (Å²) >= 11 is 5.97. The van der Waals surface area contributed by atoms with E-state index in [0.717, 1.165) is 5.56 Å². The number of aromatic carboxylic acids is 1. The largest absolute Gasteiger partial charge is 0.486 e. The second kappa shape index (κ2) is 7.35. The standard InChI is InChI=1S/C16H18ClN3O4/c1-4-24-13-12(15(22)23)18-16(20(3)14(13)21)19(2)9-10-6-5-7-11(17)8-10/h5-8H,4,9H2,1-3H3,(H,22,23). The van der Waals surface area contributed by atoms with Gasteiger partial charge in [-0.25, -0.2) is 9.78 Å². The third-order valence-electron chi connectivity index (χ3n) is 3.37. The zero-order valence-electron chi connectivity index (χ0n) is 13.6. The highest BCUT2D eigenvalue weighted by Crippen LogP contribution is 2.19. The second-order valence-corrected chi connectivity index (χ2v) is 5.61. The number of aromatic nitrogens is 2. The fourth-order valence-electron chi connectivity index (χ4n) is 2.31. The normalized spacial score (nSPS) is 10.5. The second-order valence-electron chi connectivity index (χ2n) is 5.18. The van der Waals surface area contributed by atoms with E-state index >= 15 is 0 Å². The van der Waals surface area contributed by atoms with Crippen LogP contribution in [0.4, 0.5) is 5.95 Å². The van der Waals surface area contributed by atoms with E-state index in [-0.39, 0.29) is 18.3 Å². The number of carboxylic acid groups (broad SMARTS) is 1. The molecule has 0 aliphatic carbocycles. The summed E-state index contributed by atoms with van der Waals surface area (Å²) in [6.07, 6.45) is 0. The van der Waals surface area contributed by atoms with Crippen LogP contribution >= 0.6 is 11.6 Å². The third kappa shape index (κ3) is 3.68. The Balaban J connectivity index is 2.46. The zero-order chi connectivity index (χ0) is 17.9. The summed E-state index contributed by atoms with van der Waals surface area (Å²) in [6.45, 7) is 2.26. The first-order valence-corrected chi connectivity index (χ1v) is 7.65. The Labute approximate surface area is 144 Å². The molecule has 0 spiro atoms. The van der Waals surface area contributed by atoms with Gasteiger partial charge in [0.25, 0.3) is 5.56 Å². The van der Waals surface area contributed by atoms with Gasteiger partial charge in [0.15, 0.2) is 5.69 Å². The van der Waals surface area contributed by atoms with E-state index in [0.29, 0.717) is 11.6 Å². The lowest BCUT2D eigenvalue weighted by atomic mass is 10.2. The molecule has 0 saturated heterocycles. The van der Waals surface area contributed by atoms with Crippen LogP contribution < -0.4 is 15.2 Å². The quantitative estimate of drug-likeness (QED) is 0.858. The molecule has 0 bridgehead atoms. The maximum absolute atomic E-state index is 12.4. The Bertz CT molecular complexity index is 819. The van der Waals surface area contributed by atoms with Gasteiger partial charge in [0.2, 0.25) is 11.7 Å². The number of rotatable bonds is 6. The maximum atomic E-state index is 12.4. The Morgan fingerprint density at radius 1 is 1.46 bits per heavy atom. The van der Waals surface area contributed by atoms with E-state index in [9.17, 15) is 14.7 Å². The van der Waals surface area contributed by atoms with Crippen molar-refractivity contribution in [2.75, 3.05) is 18.6 Å². The van der Waals surface area contributed by atoms with Gasteiger partial charge in [-0.05, 0) is 24.6 Å². The molecule has 1 N–H and O–H groups in total. The summed E-state index contributed by atoms with van der Waals surface area (Å²) in [6, 6.07) is 7.26. The SMILES string of the molecule is CCOc1c(C(=O)O)nc(N(C)Cc2cccc(Cl)c2)n(C)c1=O. The van der Waals surface area contributed by atoms with Crippen LogP contribution in [0.15, 0.2) is 29.1 Å². The first-order valence-electron chi connectivity index (χ1n) is 7.27. The van der Waals surface area contributed by atoms with Gasteiger partial charge < -0.3 is 14.7 Å². The van der Waals surface area contributed by atoms with Gasteiger partial charge >= 0.3 is 5.97 Å². The molecular weight excluding hydrogens is 334 g/mol. The number of carbonyl (C=O) groups is 1. The van der Waals surface area contributed by atoms with E-state index in [2.05, 4.69) is 4.98 Å². The van der Waals surface area contributed by atoms with Gasteiger partial charge in [-0.3, -0.25) is 9.36 Å². The van der Waals surface area contributed by atoms with E-state index < -0.39 is 17.2 Å². The lowest BCUT2D eigenvalue weighted by Crippen LogP contribution is -2.31. The highest BCUT2D eigenvalue weighted by Gasteiger charge is 2.22. The molecule has 2 aromatic rings. The van der Waals surface area contributed by atoms with E-state index in [4.69, 9.17) is 16.3 Å². The van der Waals surface area contributed by atoms with Crippen LogP contribution in [-0.2, 0) is 13.6 Å².